The predicted molar refractivity (Wildman–Crippen MR) is 262 cm³/mol. The van der Waals surface area contributed by atoms with E-state index in [1.165, 1.54) is 24.5 Å². The number of fused-ring (bicyclic) bond motifs is 6. The van der Waals surface area contributed by atoms with Gasteiger partial charge in [0.05, 0.1) is 89.6 Å². The molecule has 0 atom stereocenters. The molecule has 0 spiro atoms. The van der Waals surface area contributed by atoms with Crippen LogP contribution in [0, 0.1) is 0 Å². The van der Waals surface area contributed by atoms with E-state index < -0.39 is 0 Å². The number of hydrogen-bond donors (Lipinski definition) is 1. The first kappa shape index (κ1) is 41.9. The van der Waals surface area contributed by atoms with Gasteiger partial charge < -0.3 is 9.38 Å². The van der Waals surface area contributed by atoms with E-state index in [-0.39, 0.29) is 0 Å². The minimum absolute atomic E-state index is 0.468. The molecule has 0 unspecified atom stereocenters. The fraction of sp³-hybridized carbons (Fsp3) is 0.114. The van der Waals surface area contributed by atoms with Crippen LogP contribution in [-0.4, -0.2) is 109 Å². The number of halogens is 1. The number of hydrogen-bond acceptors (Lipinski definition) is 17. The number of nitrogens with zero attached hydrogens (tertiary/aromatic N) is 21. The molecule has 13 heterocycles. The Morgan fingerprint density at radius 2 is 1.19 bits per heavy atom. The van der Waals surface area contributed by atoms with Gasteiger partial charge in [-0.3, -0.25) is 14.3 Å². The third-order valence-electron chi connectivity index (χ3n) is 10.8. The van der Waals surface area contributed by atoms with E-state index in [9.17, 15) is 0 Å². The van der Waals surface area contributed by atoms with E-state index in [1.54, 1.807) is 77.1 Å². The number of aryl methyl sites for hydroxylation is 2. The lowest BCUT2D eigenvalue weighted by Gasteiger charge is -2.03. The smallest absolute Gasteiger partial charge is 0.221 e. The summed E-state index contributed by atoms with van der Waals surface area (Å²) in [6.07, 6.45) is 20.1. The van der Waals surface area contributed by atoms with Gasteiger partial charge in [0.2, 0.25) is 16.9 Å². The zero-order valence-corrected chi connectivity index (χ0v) is 39.5. The van der Waals surface area contributed by atoms with Gasteiger partial charge in [-0.05, 0) is 57.7 Å². The molecule has 0 bridgehead atoms. The van der Waals surface area contributed by atoms with Crippen molar-refractivity contribution in [3.05, 3.63) is 143 Å². The van der Waals surface area contributed by atoms with Crippen molar-refractivity contribution in [1.82, 2.24) is 109 Å². The molecule has 25 heteroatoms. The van der Waals surface area contributed by atoms with Crippen molar-refractivity contribution in [2.45, 2.75) is 19.6 Å². The molecular weight excluding hydrogens is 981 g/mol. The minimum Gasteiger partial charge on any atom is -0.360 e. The Kier molecular flexibility index (Phi) is 10.7. The fourth-order valence-electron chi connectivity index (χ4n) is 7.55. The zero-order valence-electron chi connectivity index (χ0n) is 36.3. The van der Waals surface area contributed by atoms with Crippen molar-refractivity contribution in [2.24, 2.45) is 14.1 Å². The van der Waals surface area contributed by atoms with Crippen LogP contribution < -0.4 is 0 Å². The van der Waals surface area contributed by atoms with Crippen molar-refractivity contribution in [2.75, 3.05) is 0 Å². The lowest BCUT2D eigenvalue weighted by molar-refractivity contribution is 0.650. The van der Waals surface area contributed by atoms with Crippen molar-refractivity contribution >= 4 is 98.3 Å². The molecule has 14 rings (SSSR count). The largest absolute Gasteiger partial charge is 0.360 e. The molecule has 0 radical (unpaired) electrons. The third kappa shape index (κ3) is 8.55. The second kappa shape index (κ2) is 17.6. The zero-order chi connectivity index (χ0) is 46.4. The molecule has 0 aliphatic heterocycles. The standard InChI is InChI=1S/C17H13N7S.C16H13N9.C11H7BrN6S/c1-23-9-12(7-19-23)14-8-18-16-17(20-14)24(22-21-16)10-13-6-11-4-2-3-5-15(11)25-13;1-23-8-11(5-19-23)14-7-18-15-16(20-14)25(22-21-15)10-12-9-24-4-2-3-13(24)6-17-12;12-9-4-14-10-11(15-9)18(17-16-10)5-6-3-7-8(19-6)1-2-13-7/h2*2-9H,10H2,1H3;1-4,13H,5H2. The number of rotatable bonds is 8. The molecule has 13 aromatic heterocycles. The van der Waals surface area contributed by atoms with E-state index in [1.807, 2.05) is 67.8 Å². The Bertz CT molecular complexity index is 3930. The van der Waals surface area contributed by atoms with Gasteiger partial charge >= 0.3 is 0 Å². The molecule has 22 nitrogen and oxygen atoms in total. The third-order valence-corrected chi connectivity index (χ3v) is 13.4. The second-order valence-corrected chi connectivity index (χ2v) is 18.8. The van der Waals surface area contributed by atoms with Crippen LogP contribution in [0.3, 0.4) is 0 Å². The number of benzene rings is 1. The molecule has 0 saturated carbocycles. The first-order valence-electron chi connectivity index (χ1n) is 21.1. The molecule has 69 heavy (non-hydrogen) atoms. The highest BCUT2D eigenvalue weighted by molar-refractivity contribution is 9.10. The van der Waals surface area contributed by atoms with Crippen molar-refractivity contribution in [3.63, 3.8) is 0 Å². The lowest BCUT2D eigenvalue weighted by atomic mass is 10.2. The molecule has 14 aromatic rings. The van der Waals surface area contributed by atoms with Crippen LogP contribution in [0.2, 0.25) is 0 Å². The molecule has 0 saturated heterocycles. The Hall–Kier alpha value is -8.55. The Balaban J connectivity index is 0.000000108. The van der Waals surface area contributed by atoms with Crippen LogP contribution in [0.4, 0.5) is 0 Å². The molecule has 0 amide bonds. The van der Waals surface area contributed by atoms with Crippen molar-refractivity contribution < 1.29 is 0 Å². The number of H-pyrrole nitrogens is 1. The van der Waals surface area contributed by atoms with Gasteiger partial charge in [0.15, 0.2) is 16.9 Å². The van der Waals surface area contributed by atoms with Gasteiger partial charge in [-0.15, -0.1) is 38.0 Å². The molecule has 1 N–H and O–H groups in total. The topological polar surface area (TPSA) is 238 Å². The fourth-order valence-corrected chi connectivity index (χ4v) is 9.88. The maximum absolute atomic E-state index is 4.70. The summed E-state index contributed by atoms with van der Waals surface area (Å²) in [5.41, 5.74) is 9.99. The predicted octanol–water partition coefficient (Wildman–Crippen LogP) is 6.78. The molecule has 0 aliphatic rings. The van der Waals surface area contributed by atoms with Crippen LogP contribution in [-0.2, 0) is 33.7 Å². The number of nitrogens with one attached hydrogen (secondary N) is 1. The highest BCUT2D eigenvalue weighted by Gasteiger charge is 2.15. The molecule has 0 fully saturated rings. The van der Waals surface area contributed by atoms with Gasteiger partial charge in [-0.1, -0.05) is 33.8 Å². The first-order valence-corrected chi connectivity index (χ1v) is 23.5. The summed E-state index contributed by atoms with van der Waals surface area (Å²) < 4.78 is 14.0. The van der Waals surface area contributed by atoms with Crippen molar-refractivity contribution in [3.8, 4) is 22.5 Å². The lowest BCUT2D eigenvalue weighted by Crippen LogP contribution is -2.06. The van der Waals surface area contributed by atoms with Gasteiger partial charge in [-0.2, -0.15) is 10.2 Å². The number of thiophene rings is 2. The summed E-state index contributed by atoms with van der Waals surface area (Å²) in [5.74, 6) is 0. The summed E-state index contributed by atoms with van der Waals surface area (Å²) >= 11 is 6.81. The monoisotopic (exact) mass is 1010 g/mol. The summed E-state index contributed by atoms with van der Waals surface area (Å²) in [7, 11) is 3.74. The van der Waals surface area contributed by atoms with Crippen LogP contribution in [0.1, 0.15) is 15.4 Å². The average Bonchev–Trinajstić information content (AvgIpc) is 4.21. The highest BCUT2D eigenvalue weighted by atomic mass is 79.9. The van der Waals surface area contributed by atoms with E-state index in [0.717, 1.165) is 39.2 Å². The Morgan fingerprint density at radius 1 is 0.580 bits per heavy atom. The van der Waals surface area contributed by atoms with E-state index >= 15 is 0 Å². The van der Waals surface area contributed by atoms with Crippen molar-refractivity contribution in [1.29, 1.82) is 0 Å². The van der Waals surface area contributed by atoms with E-state index in [2.05, 4.69) is 134 Å². The van der Waals surface area contributed by atoms with Gasteiger partial charge in [0.25, 0.3) is 0 Å². The SMILES string of the molecule is Brc1cnc2nnn(Cc3cc4[nH]ccc4s3)c2n1.Cn1cc(-c2cnc3nnn(Cc4cc5ccccc5s4)c3n2)cn1.Cn1cc(-c2cnc3nnn(Cc4cn5cccc5cn4)c3n2)cn1. The quantitative estimate of drug-likeness (QED) is 0.165. The summed E-state index contributed by atoms with van der Waals surface area (Å²) in [4.78, 5) is 36.7. The van der Waals surface area contributed by atoms with E-state index in [0.29, 0.717) is 58.1 Å². The second-order valence-electron chi connectivity index (χ2n) is 15.6. The highest BCUT2D eigenvalue weighted by Crippen LogP contribution is 2.28. The van der Waals surface area contributed by atoms with Gasteiger partial charge in [0, 0.05) is 70.7 Å². The maximum atomic E-state index is 4.70. The molecule has 0 aliphatic carbocycles. The van der Waals surface area contributed by atoms with Crippen LogP contribution in [0.5, 0.6) is 0 Å². The number of aromatic nitrogens is 22. The number of aromatic amines is 1. The molecule has 1 aromatic carbocycles. The average molecular weight is 1010 g/mol. The summed E-state index contributed by atoms with van der Waals surface area (Å²) in [6, 6.07) is 18.7. The Morgan fingerprint density at radius 3 is 1.83 bits per heavy atom. The van der Waals surface area contributed by atoms with Gasteiger partial charge in [0.1, 0.15) is 4.60 Å². The summed E-state index contributed by atoms with van der Waals surface area (Å²) in [5, 5.41) is 34.3. The van der Waals surface area contributed by atoms with Gasteiger partial charge in [-0.25, -0.2) is 43.9 Å². The van der Waals surface area contributed by atoms with Crippen LogP contribution in [0.25, 0.3) is 82.2 Å². The molecule has 338 valence electrons. The van der Waals surface area contributed by atoms with E-state index in [4.69, 9.17) is 4.98 Å². The maximum Gasteiger partial charge on any atom is 0.221 e. The van der Waals surface area contributed by atoms with Crippen LogP contribution >= 0.6 is 38.6 Å². The normalized spacial score (nSPS) is 11.6. The summed E-state index contributed by atoms with van der Waals surface area (Å²) in [6.45, 7) is 1.74. The van der Waals surface area contributed by atoms with Crippen LogP contribution in [0.15, 0.2) is 127 Å². The molecular formula is C44H33BrN22S2. The minimum atomic E-state index is 0.468. The first-order chi connectivity index (χ1) is 33.8. The Labute approximate surface area is 404 Å².